The fourth-order valence-electron chi connectivity index (χ4n) is 2.94. The van der Waals surface area contributed by atoms with Crippen molar-refractivity contribution in [1.82, 2.24) is 4.90 Å². The standard InChI is InChI=1S/C14H25NO/c1-13(2,3)12(16)11-10-7-9(10)8-15(11)14(4,5)6/h9-11H,7-8H2,1-6H3/t9-,10-,11+/m1/s1. The second kappa shape index (κ2) is 3.32. The van der Waals surface area contributed by atoms with E-state index in [4.69, 9.17) is 0 Å². The van der Waals surface area contributed by atoms with Crippen molar-refractivity contribution in [3.8, 4) is 0 Å². The van der Waals surface area contributed by atoms with Crippen LogP contribution in [0, 0.1) is 17.3 Å². The molecule has 0 N–H and O–H groups in total. The summed E-state index contributed by atoms with van der Waals surface area (Å²) >= 11 is 0. The highest BCUT2D eigenvalue weighted by Gasteiger charge is 2.58. The van der Waals surface area contributed by atoms with Crippen molar-refractivity contribution in [1.29, 1.82) is 0 Å². The van der Waals surface area contributed by atoms with Gasteiger partial charge >= 0.3 is 0 Å². The second-order valence-electron chi connectivity index (χ2n) is 7.54. The summed E-state index contributed by atoms with van der Waals surface area (Å²) in [5, 5.41) is 0. The third-order valence-electron chi connectivity index (χ3n) is 4.02. The number of ketones is 1. The Labute approximate surface area is 99.4 Å². The van der Waals surface area contributed by atoms with Crippen molar-refractivity contribution in [3.63, 3.8) is 0 Å². The van der Waals surface area contributed by atoms with Crippen LogP contribution in [0.3, 0.4) is 0 Å². The number of carbonyl (C=O) groups is 1. The minimum atomic E-state index is -0.203. The van der Waals surface area contributed by atoms with Gasteiger partial charge in [0.05, 0.1) is 6.04 Å². The Morgan fingerprint density at radius 2 is 1.69 bits per heavy atom. The molecule has 1 aliphatic heterocycles. The number of rotatable bonds is 1. The minimum Gasteiger partial charge on any atom is -0.297 e. The predicted octanol–water partition coefficient (Wildman–Crippen LogP) is 2.72. The first-order valence-corrected chi connectivity index (χ1v) is 6.43. The van der Waals surface area contributed by atoms with Crippen molar-refractivity contribution in [2.75, 3.05) is 6.54 Å². The van der Waals surface area contributed by atoms with Gasteiger partial charge < -0.3 is 0 Å². The summed E-state index contributed by atoms with van der Waals surface area (Å²) in [6.07, 6.45) is 1.28. The molecular formula is C14H25NO. The van der Waals surface area contributed by atoms with Crippen molar-refractivity contribution in [2.24, 2.45) is 17.3 Å². The molecule has 1 heterocycles. The Bertz CT molecular complexity index is 308. The first kappa shape index (κ1) is 12.1. The summed E-state index contributed by atoms with van der Waals surface area (Å²) in [4.78, 5) is 14.9. The van der Waals surface area contributed by atoms with Gasteiger partial charge in [0.2, 0.25) is 0 Å². The molecule has 0 aromatic rings. The third kappa shape index (κ3) is 1.92. The summed E-state index contributed by atoms with van der Waals surface area (Å²) in [7, 11) is 0. The molecule has 0 amide bonds. The fourth-order valence-corrected chi connectivity index (χ4v) is 2.94. The van der Waals surface area contributed by atoms with E-state index in [9.17, 15) is 4.79 Å². The number of hydrogen-bond acceptors (Lipinski definition) is 2. The quantitative estimate of drug-likeness (QED) is 0.681. The zero-order valence-electron chi connectivity index (χ0n) is 11.5. The normalized spacial score (nSPS) is 35.0. The summed E-state index contributed by atoms with van der Waals surface area (Å²) in [6.45, 7) is 13.9. The highest BCUT2D eigenvalue weighted by molar-refractivity contribution is 5.90. The van der Waals surface area contributed by atoms with Gasteiger partial charge in [-0.15, -0.1) is 0 Å². The van der Waals surface area contributed by atoms with Gasteiger partial charge in [-0.1, -0.05) is 20.8 Å². The van der Waals surface area contributed by atoms with Crippen LogP contribution in [0.4, 0.5) is 0 Å². The zero-order valence-corrected chi connectivity index (χ0v) is 11.5. The predicted molar refractivity (Wildman–Crippen MR) is 66.3 cm³/mol. The van der Waals surface area contributed by atoms with E-state index in [2.05, 4.69) is 25.7 Å². The molecule has 0 spiro atoms. The van der Waals surface area contributed by atoms with E-state index in [0.29, 0.717) is 11.7 Å². The fraction of sp³-hybridized carbons (Fsp3) is 0.929. The van der Waals surface area contributed by atoms with E-state index < -0.39 is 0 Å². The van der Waals surface area contributed by atoms with Gasteiger partial charge in [-0.2, -0.15) is 0 Å². The number of piperidine rings is 1. The molecule has 0 unspecified atom stereocenters. The first-order chi connectivity index (χ1) is 7.12. The number of fused-ring (bicyclic) bond motifs is 1. The molecule has 1 saturated heterocycles. The Morgan fingerprint density at radius 1 is 1.12 bits per heavy atom. The Morgan fingerprint density at radius 3 is 2.12 bits per heavy atom. The zero-order chi connectivity index (χ0) is 12.3. The average molecular weight is 223 g/mol. The maximum atomic E-state index is 12.5. The summed E-state index contributed by atoms with van der Waals surface area (Å²) in [5.41, 5.74) is -0.0787. The van der Waals surface area contributed by atoms with Gasteiger partial charge in [-0.3, -0.25) is 9.69 Å². The Kier molecular flexibility index (Phi) is 2.51. The largest absolute Gasteiger partial charge is 0.297 e. The van der Waals surface area contributed by atoms with Crippen LogP contribution in [0.2, 0.25) is 0 Å². The van der Waals surface area contributed by atoms with Crippen molar-refractivity contribution in [2.45, 2.75) is 59.5 Å². The molecule has 0 aromatic carbocycles. The van der Waals surface area contributed by atoms with Crippen LogP contribution in [0.1, 0.15) is 48.0 Å². The molecule has 2 fully saturated rings. The lowest BCUT2D eigenvalue weighted by Crippen LogP contribution is -2.52. The van der Waals surface area contributed by atoms with Gasteiger partial charge in [-0.05, 0) is 39.0 Å². The molecule has 0 bridgehead atoms. The smallest absolute Gasteiger partial charge is 0.155 e. The number of Topliss-reactive ketones (excluding diaryl/α,β-unsaturated/α-hetero) is 1. The number of likely N-dealkylation sites (tertiary alicyclic amines) is 1. The van der Waals surface area contributed by atoms with E-state index in [0.717, 1.165) is 12.5 Å². The van der Waals surface area contributed by atoms with Gasteiger partial charge in [0.15, 0.2) is 5.78 Å². The topological polar surface area (TPSA) is 20.3 Å². The van der Waals surface area contributed by atoms with Gasteiger partial charge in [0.25, 0.3) is 0 Å². The molecule has 92 valence electrons. The van der Waals surface area contributed by atoms with Crippen LogP contribution in [0.25, 0.3) is 0 Å². The van der Waals surface area contributed by atoms with Gasteiger partial charge in [0, 0.05) is 17.5 Å². The second-order valence-corrected chi connectivity index (χ2v) is 7.54. The monoisotopic (exact) mass is 223 g/mol. The summed E-state index contributed by atoms with van der Waals surface area (Å²) in [5.74, 6) is 1.90. The van der Waals surface area contributed by atoms with E-state index in [1.165, 1.54) is 6.42 Å². The average Bonchev–Trinajstić information content (AvgIpc) is 2.73. The number of nitrogens with zero attached hydrogens (tertiary/aromatic N) is 1. The molecule has 3 atom stereocenters. The molecule has 16 heavy (non-hydrogen) atoms. The highest BCUT2D eigenvalue weighted by Crippen LogP contribution is 2.52. The summed E-state index contributed by atoms with van der Waals surface area (Å²) in [6, 6.07) is 0.185. The minimum absolute atomic E-state index is 0.124. The molecule has 1 aliphatic carbocycles. The third-order valence-corrected chi connectivity index (χ3v) is 4.02. The number of hydrogen-bond donors (Lipinski definition) is 0. The van der Waals surface area contributed by atoms with Crippen LogP contribution < -0.4 is 0 Å². The van der Waals surface area contributed by atoms with Crippen molar-refractivity contribution < 1.29 is 4.79 Å². The van der Waals surface area contributed by atoms with E-state index in [1.54, 1.807) is 0 Å². The summed E-state index contributed by atoms with van der Waals surface area (Å²) < 4.78 is 0. The van der Waals surface area contributed by atoms with Gasteiger partial charge in [0.1, 0.15) is 0 Å². The van der Waals surface area contributed by atoms with Crippen LogP contribution in [-0.4, -0.2) is 28.8 Å². The number of carbonyl (C=O) groups excluding carboxylic acids is 1. The van der Waals surface area contributed by atoms with Gasteiger partial charge in [-0.25, -0.2) is 0 Å². The lowest BCUT2D eigenvalue weighted by atomic mass is 9.83. The molecule has 2 aliphatic rings. The van der Waals surface area contributed by atoms with Crippen LogP contribution >= 0.6 is 0 Å². The van der Waals surface area contributed by atoms with E-state index in [-0.39, 0.29) is 17.0 Å². The molecule has 2 heteroatoms. The first-order valence-electron chi connectivity index (χ1n) is 6.43. The maximum absolute atomic E-state index is 12.5. The lowest BCUT2D eigenvalue weighted by Gasteiger charge is -2.40. The van der Waals surface area contributed by atoms with Crippen LogP contribution in [-0.2, 0) is 4.79 Å². The van der Waals surface area contributed by atoms with E-state index in [1.807, 2.05) is 20.8 Å². The van der Waals surface area contributed by atoms with Crippen molar-refractivity contribution in [3.05, 3.63) is 0 Å². The highest BCUT2D eigenvalue weighted by atomic mass is 16.1. The van der Waals surface area contributed by atoms with Crippen LogP contribution in [0.15, 0.2) is 0 Å². The molecule has 0 aromatic heterocycles. The van der Waals surface area contributed by atoms with E-state index >= 15 is 0 Å². The van der Waals surface area contributed by atoms with Crippen molar-refractivity contribution >= 4 is 5.78 Å². The Balaban J connectivity index is 2.21. The molecule has 0 radical (unpaired) electrons. The Hall–Kier alpha value is -0.370. The molecule has 2 rings (SSSR count). The maximum Gasteiger partial charge on any atom is 0.155 e. The lowest BCUT2D eigenvalue weighted by molar-refractivity contribution is -0.133. The molecule has 1 saturated carbocycles. The van der Waals surface area contributed by atoms with Crippen LogP contribution in [0.5, 0.6) is 0 Å². The SMILES string of the molecule is CC(C)(C)C(=O)[C@@H]1[C@@H]2C[C@@H]2CN1C(C)(C)C. The molecular weight excluding hydrogens is 198 g/mol. The molecule has 2 nitrogen and oxygen atoms in total.